The largest absolute Gasteiger partial charge is 0.347 e. The van der Waals surface area contributed by atoms with E-state index in [1.54, 1.807) is 10.7 Å². The number of rotatable bonds is 6. The molecular weight excluding hydrogens is 272 g/mol. The summed E-state index contributed by atoms with van der Waals surface area (Å²) in [5.41, 5.74) is -0.450. The average Bonchev–Trinajstić information content (AvgIpc) is 2.90. The molecule has 1 atom stereocenters. The fourth-order valence-electron chi connectivity index (χ4n) is 2.01. The first-order chi connectivity index (χ1) is 10.1. The Balaban J connectivity index is 2.01. The van der Waals surface area contributed by atoms with Crippen molar-refractivity contribution in [2.75, 3.05) is 0 Å². The van der Waals surface area contributed by atoms with Crippen LogP contribution in [0.2, 0.25) is 0 Å². The molecule has 0 aromatic carbocycles. The number of aryl methyl sites for hydroxylation is 1. The molecule has 1 amide bonds. The van der Waals surface area contributed by atoms with E-state index in [0.717, 1.165) is 13.0 Å². The summed E-state index contributed by atoms with van der Waals surface area (Å²) in [4.78, 5) is 31.2. The van der Waals surface area contributed by atoms with Gasteiger partial charge in [-0.2, -0.15) is 5.10 Å². The van der Waals surface area contributed by atoms with E-state index in [4.69, 9.17) is 0 Å². The summed E-state index contributed by atoms with van der Waals surface area (Å²) < 4.78 is 3.01. The van der Waals surface area contributed by atoms with Crippen molar-refractivity contribution in [3.63, 3.8) is 0 Å². The lowest BCUT2D eigenvalue weighted by atomic mass is 10.3. The van der Waals surface area contributed by atoms with Gasteiger partial charge in [0, 0.05) is 18.9 Å². The number of carbonyl (C=O) groups is 1. The standard InChI is InChI=1S/C13H18N6O2/c1-3-6-19-12(15-9-16-19)10(2)17-11(20)8-18-7-4-5-14-13(18)21/h4-5,7,9-10H,3,6,8H2,1-2H3,(H,17,20)/t10-/m1/s1. The molecule has 0 fully saturated rings. The van der Waals surface area contributed by atoms with Gasteiger partial charge in [-0.1, -0.05) is 6.92 Å². The fourth-order valence-corrected chi connectivity index (χ4v) is 2.01. The van der Waals surface area contributed by atoms with E-state index in [2.05, 4.69) is 20.4 Å². The molecule has 1 N–H and O–H groups in total. The van der Waals surface area contributed by atoms with E-state index in [9.17, 15) is 9.59 Å². The molecule has 0 aliphatic heterocycles. The third kappa shape index (κ3) is 3.74. The first kappa shape index (κ1) is 14.9. The smallest absolute Gasteiger partial charge is 0.345 e. The second-order valence-electron chi connectivity index (χ2n) is 4.66. The Kier molecular flexibility index (Phi) is 4.81. The zero-order chi connectivity index (χ0) is 15.2. The van der Waals surface area contributed by atoms with Crippen LogP contribution in [0.3, 0.4) is 0 Å². The van der Waals surface area contributed by atoms with Crippen molar-refractivity contribution in [1.82, 2.24) is 29.6 Å². The van der Waals surface area contributed by atoms with Gasteiger partial charge in [0.1, 0.15) is 18.7 Å². The van der Waals surface area contributed by atoms with Gasteiger partial charge in [0.2, 0.25) is 5.91 Å². The molecule has 0 bridgehead atoms. The number of nitrogens with zero attached hydrogens (tertiary/aromatic N) is 5. The van der Waals surface area contributed by atoms with E-state index in [1.165, 1.54) is 23.3 Å². The lowest BCUT2D eigenvalue weighted by molar-refractivity contribution is -0.122. The third-order valence-corrected chi connectivity index (χ3v) is 2.94. The first-order valence-electron chi connectivity index (χ1n) is 6.80. The number of hydrogen-bond acceptors (Lipinski definition) is 5. The molecule has 2 aromatic heterocycles. The van der Waals surface area contributed by atoms with Crippen molar-refractivity contribution in [3.05, 3.63) is 41.1 Å². The van der Waals surface area contributed by atoms with Gasteiger partial charge in [-0.15, -0.1) is 0 Å². The molecule has 8 heteroatoms. The zero-order valence-electron chi connectivity index (χ0n) is 12.1. The first-order valence-corrected chi connectivity index (χ1v) is 6.80. The second kappa shape index (κ2) is 6.78. The molecule has 0 aliphatic rings. The van der Waals surface area contributed by atoms with Gasteiger partial charge >= 0.3 is 5.69 Å². The predicted molar refractivity (Wildman–Crippen MR) is 75.4 cm³/mol. The quantitative estimate of drug-likeness (QED) is 0.815. The summed E-state index contributed by atoms with van der Waals surface area (Å²) in [6, 6.07) is 1.33. The maximum Gasteiger partial charge on any atom is 0.347 e. The summed E-state index contributed by atoms with van der Waals surface area (Å²) >= 11 is 0. The SMILES string of the molecule is CCCn1ncnc1[C@@H](C)NC(=O)Cn1cccnc1=O. The minimum Gasteiger partial charge on any atom is -0.345 e. The molecule has 0 saturated carbocycles. The van der Waals surface area contributed by atoms with Crippen LogP contribution in [-0.2, 0) is 17.9 Å². The van der Waals surface area contributed by atoms with E-state index < -0.39 is 5.69 Å². The van der Waals surface area contributed by atoms with Gasteiger partial charge in [-0.05, 0) is 19.4 Å². The molecule has 0 radical (unpaired) electrons. The Morgan fingerprint density at radius 3 is 2.95 bits per heavy atom. The Morgan fingerprint density at radius 2 is 2.24 bits per heavy atom. The van der Waals surface area contributed by atoms with Gasteiger partial charge < -0.3 is 5.32 Å². The van der Waals surface area contributed by atoms with Gasteiger partial charge in [-0.3, -0.25) is 9.36 Å². The Morgan fingerprint density at radius 1 is 1.43 bits per heavy atom. The highest BCUT2D eigenvalue weighted by Gasteiger charge is 2.15. The highest BCUT2D eigenvalue weighted by Crippen LogP contribution is 2.08. The number of nitrogens with one attached hydrogen (secondary N) is 1. The number of carbonyl (C=O) groups excluding carboxylic acids is 1. The molecule has 0 aliphatic carbocycles. The molecule has 112 valence electrons. The second-order valence-corrected chi connectivity index (χ2v) is 4.66. The average molecular weight is 290 g/mol. The van der Waals surface area contributed by atoms with Crippen molar-refractivity contribution in [2.24, 2.45) is 0 Å². The molecular formula is C13H18N6O2. The summed E-state index contributed by atoms with van der Waals surface area (Å²) in [7, 11) is 0. The van der Waals surface area contributed by atoms with Crippen molar-refractivity contribution in [3.8, 4) is 0 Å². The molecule has 2 aromatic rings. The minimum absolute atomic E-state index is 0.0705. The lowest BCUT2D eigenvalue weighted by Gasteiger charge is -2.14. The van der Waals surface area contributed by atoms with Crippen LogP contribution >= 0.6 is 0 Å². The summed E-state index contributed by atoms with van der Waals surface area (Å²) in [5, 5.41) is 6.93. The van der Waals surface area contributed by atoms with E-state index in [1.807, 2.05) is 13.8 Å². The van der Waals surface area contributed by atoms with Crippen LogP contribution in [0.1, 0.15) is 32.1 Å². The molecule has 0 spiro atoms. The minimum atomic E-state index is -0.450. The van der Waals surface area contributed by atoms with Gasteiger partial charge in [0.25, 0.3) is 0 Å². The predicted octanol–water partition coefficient (Wildman–Crippen LogP) is 0.122. The normalized spacial score (nSPS) is 12.1. The number of amides is 1. The van der Waals surface area contributed by atoms with E-state index in [0.29, 0.717) is 5.82 Å². The van der Waals surface area contributed by atoms with Crippen molar-refractivity contribution < 1.29 is 4.79 Å². The Bertz CT molecular complexity index is 662. The van der Waals surface area contributed by atoms with Gasteiger partial charge in [0.05, 0.1) is 6.04 Å². The maximum atomic E-state index is 12.0. The maximum absolute atomic E-state index is 12.0. The fraction of sp³-hybridized carbons (Fsp3) is 0.462. The molecule has 0 saturated heterocycles. The van der Waals surface area contributed by atoms with Gasteiger partial charge in [0.15, 0.2) is 0 Å². The van der Waals surface area contributed by atoms with Crippen molar-refractivity contribution in [1.29, 1.82) is 0 Å². The van der Waals surface area contributed by atoms with E-state index >= 15 is 0 Å². The topological polar surface area (TPSA) is 94.7 Å². The molecule has 21 heavy (non-hydrogen) atoms. The van der Waals surface area contributed by atoms with Crippen molar-refractivity contribution in [2.45, 2.75) is 39.4 Å². The third-order valence-electron chi connectivity index (χ3n) is 2.94. The van der Waals surface area contributed by atoms with Crippen molar-refractivity contribution >= 4 is 5.91 Å². The Labute approximate surface area is 121 Å². The summed E-state index contributed by atoms with van der Waals surface area (Å²) in [5.74, 6) is 0.424. The molecule has 8 nitrogen and oxygen atoms in total. The van der Waals surface area contributed by atoms with Crippen LogP contribution in [0.4, 0.5) is 0 Å². The highest BCUT2D eigenvalue weighted by atomic mass is 16.2. The highest BCUT2D eigenvalue weighted by molar-refractivity contribution is 5.76. The molecule has 0 unspecified atom stereocenters. The Hall–Kier alpha value is -2.51. The monoisotopic (exact) mass is 290 g/mol. The zero-order valence-corrected chi connectivity index (χ0v) is 12.1. The van der Waals surface area contributed by atoms with Crippen LogP contribution in [0.15, 0.2) is 29.6 Å². The van der Waals surface area contributed by atoms with Crippen LogP contribution in [0, 0.1) is 0 Å². The van der Waals surface area contributed by atoms with Crippen LogP contribution in [0.5, 0.6) is 0 Å². The van der Waals surface area contributed by atoms with Crippen LogP contribution in [-0.4, -0.2) is 30.2 Å². The summed E-state index contributed by atoms with van der Waals surface area (Å²) in [6.07, 6.45) is 5.33. The van der Waals surface area contributed by atoms with Gasteiger partial charge in [-0.25, -0.2) is 19.4 Å². The number of aromatic nitrogens is 5. The van der Waals surface area contributed by atoms with E-state index in [-0.39, 0.29) is 18.5 Å². The number of hydrogen-bond donors (Lipinski definition) is 1. The lowest BCUT2D eigenvalue weighted by Crippen LogP contribution is -2.35. The van der Waals surface area contributed by atoms with Crippen LogP contribution < -0.4 is 11.0 Å². The molecule has 2 heterocycles. The van der Waals surface area contributed by atoms with Crippen LogP contribution in [0.25, 0.3) is 0 Å². The molecule has 2 rings (SSSR count). The summed E-state index contributed by atoms with van der Waals surface area (Å²) in [6.45, 7) is 4.56.